The van der Waals surface area contributed by atoms with Crippen molar-refractivity contribution in [2.75, 3.05) is 6.61 Å². The third-order valence-electron chi connectivity index (χ3n) is 5.65. The van der Waals surface area contributed by atoms with Gasteiger partial charge >= 0.3 is 0 Å². The molecule has 0 aliphatic heterocycles. The molecule has 1 aromatic carbocycles. The molecule has 2 N–H and O–H groups in total. The fourth-order valence-electron chi connectivity index (χ4n) is 3.63. The maximum absolute atomic E-state index is 11.0. The van der Waals surface area contributed by atoms with Gasteiger partial charge in [-0.3, -0.25) is 9.78 Å². The zero-order valence-corrected chi connectivity index (χ0v) is 19.5. The van der Waals surface area contributed by atoms with Crippen molar-refractivity contribution in [3.05, 3.63) is 59.1 Å². The van der Waals surface area contributed by atoms with Gasteiger partial charge in [0.15, 0.2) is 17.8 Å². The Morgan fingerprint density at radius 3 is 2.74 bits per heavy atom. The van der Waals surface area contributed by atoms with E-state index in [0.29, 0.717) is 45.7 Å². The highest BCUT2D eigenvalue weighted by Crippen LogP contribution is 2.41. The molecule has 0 saturated heterocycles. The van der Waals surface area contributed by atoms with E-state index in [4.69, 9.17) is 31.8 Å². The van der Waals surface area contributed by atoms with E-state index in [1.54, 1.807) is 24.4 Å². The SMILES string of the molecule is Cc1ccnc(Cn2c(-c3ccc(OCC(N)=O)cc3Cl)nc3c(OC4(C)CC4)ncnc32)c1. The molecule has 10 heteroatoms. The van der Waals surface area contributed by atoms with Crippen LogP contribution in [0.15, 0.2) is 42.9 Å². The largest absolute Gasteiger partial charge is 0.484 e. The molecule has 4 aromatic rings. The lowest BCUT2D eigenvalue weighted by molar-refractivity contribution is -0.119. The van der Waals surface area contributed by atoms with Crippen LogP contribution in [-0.4, -0.2) is 42.6 Å². The summed E-state index contributed by atoms with van der Waals surface area (Å²) >= 11 is 6.63. The number of nitrogens with zero attached hydrogens (tertiary/aromatic N) is 5. The van der Waals surface area contributed by atoms with Crippen LogP contribution < -0.4 is 15.2 Å². The first-order chi connectivity index (χ1) is 16.3. The van der Waals surface area contributed by atoms with Crippen molar-refractivity contribution in [3.8, 4) is 23.0 Å². The Kier molecular flexibility index (Phi) is 5.57. The Morgan fingerprint density at radius 2 is 2.03 bits per heavy atom. The molecule has 0 radical (unpaired) electrons. The number of aromatic nitrogens is 5. The zero-order valence-electron chi connectivity index (χ0n) is 18.8. The lowest BCUT2D eigenvalue weighted by Gasteiger charge is -2.12. The van der Waals surface area contributed by atoms with Crippen LogP contribution in [0.1, 0.15) is 31.0 Å². The molecule has 1 aliphatic rings. The summed E-state index contributed by atoms with van der Waals surface area (Å²) in [5.41, 5.74) is 8.75. The zero-order chi connectivity index (χ0) is 23.9. The van der Waals surface area contributed by atoms with E-state index in [2.05, 4.69) is 21.9 Å². The molecule has 0 spiro atoms. The van der Waals surface area contributed by atoms with E-state index in [0.717, 1.165) is 24.1 Å². The maximum Gasteiger partial charge on any atom is 0.255 e. The highest BCUT2D eigenvalue weighted by atomic mass is 35.5. The fourth-order valence-corrected chi connectivity index (χ4v) is 3.88. The van der Waals surface area contributed by atoms with Gasteiger partial charge in [0.2, 0.25) is 5.88 Å². The average molecular weight is 479 g/mol. The third-order valence-corrected chi connectivity index (χ3v) is 5.96. The van der Waals surface area contributed by atoms with Crippen molar-refractivity contribution in [3.63, 3.8) is 0 Å². The number of pyridine rings is 1. The first-order valence-corrected chi connectivity index (χ1v) is 11.2. The predicted octanol–water partition coefficient (Wildman–Crippen LogP) is 3.69. The highest BCUT2D eigenvalue weighted by Gasteiger charge is 2.41. The summed E-state index contributed by atoms with van der Waals surface area (Å²) in [5, 5.41) is 0.403. The van der Waals surface area contributed by atoms with E-state index in [1.165, 1.54) is 6.33 Å². The molecule has 1 fully saturated rings. The van der Waals surface area contributed by atoms with Crippen LogP contribution in [0.25, 0.3) is 22.6 Å². The van der Waals surface area contributed by atoms with Crippen molar-refractivity contribution < 1.29 is 14.3 Å². The summed E-state index contributed by atoms with van der Waals surface area (Å²) in [6.45, 7) is 4.27. The molecule has 174 valence electrons. The van der Waals surface area contributed by atoms with Crippen molar-refractivity contribution in [1.82, 2.24) is 24.5 Å². The Labute approximate surface area is 200 Å². The van der Waals surface area contributed by atoms with Gasteiger partial charge in [-0.05, 0) is 62.6 Å². The molecule has 3 aromatic heterocycles. The topological polar surface area (TPSA) is 118 Å². The van der Waals surface area contributed by atoms with Gasteiger partial charge in [0.1, 0.15) is 23.5 Å². The van der Waals surface area contributed by atoms with E-state index >= 15 is 0 Å². The minimum Gasteiger partial charge on any atom is -0.484 e. The van der Waals surface area contributed by atoms with Gasteiger partial charge in [0.25, 0.3) is 5.91 Å². The second-order valence-corrected chi connectivity index (χ2v) is 9.05. The van der Waals surface area contributed by atoms with E-state index < -0.39 is 5.91 Å². The molecule has 5 rings (SSSR count). The van der Waals surface area contributed by atoms with Crippen molar-refractivity contribution in [1.29, 1.82) is 0 Å². The summed E-state index contributed by atoms with van der Waals surface area (Å²) in [6, 6.07) is 9.09. The van der Waals surface area contributed by atoms with Crippen LogP contribution >= 0.6 is 11.6 Å². The highest BCUT2D eigenvalue weighted by molar-refractivity contribution is 6.33. The van der Waals surface area contributed by atoms with E-state index in [-0.39, 0.29) is 12.2 Å². The number of rotatable bonds is 8. The van der Waals surface area contributed by atoms with E-state index in [1.807, 2.05) is 23.6 Å². The van der Waals surface area contributed by atoms with Crippen LogP contribution in [-0.2, 0) is 11.3 Å². The number of hydrogen-bond donors (Lipinski definition) is 1. The number of ether oxygens (including phenoxy) is 2. The number of aryl methyl sites for hydroxylation is 1. The molecule has 0 bridgehead atoms. The fraction of sp³-hybridized carbons (Fsp3) is 0.292. The first kappa shape index (κ1) is 22.1. The van der Waals surface area contributed by atoms with Crippen LogP contribution in [0, 0.1) is 6.92 Å². The summed E-state index contributed by atoms with van der Waals surface area (Å²) in [5.74, 6) is 0.903. The Hall–Kier alpha value is -3.72. The standard InChI is InChI=1S/C24H23ClN6O3/c1-14-5-8-27-15(9-14)11-31-21(17-4-3-16(10-18(17)25)33-12-19(26)32)30-20-22(31)28-13-29-23(20)34-24(2)6-7-24/h3-5,8-10,13H,6-7,11-12H2,1-2H3,(H2,26,32). The number of fused-ring (bicyclic) bond motifs is 1. The lowest BCUT2D eigenvalue weighted by atomic mass is 10.2. The number of halogens is 1. The Morgan fingerprint density at radius 1 is 1.21 bits per heavy atom. The first-order valence-electron chi connectivity index (χ1n) is 10.8. The van der Waals surface area contributed by atoms with Gasteiger partial charge in [0, 0.05) is 11.8 Å². The van der Waals surface area contributed by atoms with Gasteiger partial charge in [0.05, 0.1) is 17.3 Å². The van der Waals surface area contributed by atoms with Crippen LogP contribution in [0.5, 0.6) is 11.6 Å². The summed E-state index contributed by atoms with van der Waals surface area (Å²) in [4.78, 5) is 29.3. The summed E-state index contributed by atoms with van der Waals surface area (Å²) in [6.07, 6.45) is 5.20. The minimum absolute atomic E-state index is 0.222. The van der Waals surface area contributed by atoms with Gasteiger partial charge in [-0.15, -0.1) is 0 Å². The molecule has 1 amide bonds. The number of hydrogen-bond acceptors (Lipinski definition) is 7. The van der Waals surface area contributed by atoms with Crippen molar-refractivity contribution in [2.24, 2.45) is 5.73 Å². The molecule has 9 nitrogen and oxygen atoms in total. The van der Waals surface area contributed by atoms with Gasteiger partial charge < -0.3 is 19.8 Å². The molecular weight excluding hydrogens is 456 g/mol. The van der Waals surface area contributed by atoms with Gasteiger partial charge in [-0.2, -0.15) is 4.98 Å². The number of primary amides is 1. The Balaban J connectivity index is 1.62. The van der Waals surface area contributed by atoms with Crippen LogP contribution in [0.4, 0.5) is 0 Å². The number of benzene rings is 1. The molecule has 0 unspecified atom stereocenters. The minimum atomic E-state index is -0.567. The number of nitrogens with two attached hydrogens (primary N) is 1. The average Bonchev–Trinajstić information content (AvgIpc) is 3.41. The molecule has 1 aliphatic carbocycles. The quantitative estimate of drug-likeness (QED) is 0.410. The lowest BCUT2D eigenvalue weighted by Crippen LogP contribution is -2.20. The smallest absolute Gasteiger partial charge is 0.255 e. The van der Waals surface area contributed by atoms with Crippen molar-refractivity contribution >= 4 is 28.7 Å². The number of carbonyl (C=O) groups is 1. The number of carbonyl (C=O) groups excluding carboxylic acids is 1. The molecule has 0 atom stereocenters. The van der Waals surface area contributed by atoms with Gasteiger partial charge in [-0.1, -0.05) is 11.6 Å². The van der Waals surface area contributed by atoms with Crippen LogP contribution in [0.2, 0.25) is 5.02 Å². The van der Waals surface area contributed by atoms with Gasteiger partial charge in [-0.25, -0.2) is 9.97 Å². The summed E-state index contributed by atoms with van der Waals surface area (Å²) in [7, 11) is 0. The third kappa shape index (κ3) is 4.51. The van der Waals surface area contributed by atoms with Crippen LogP contribution in [0.3, 0.4) is 0 Å². The second-order valence-electron chi connectivity index (χ2n) is 8.65. The number of amides is 1. The Bertz CT molecular complexity index is 1400. The number of imidazole rings is 1. The summed E-state index contributed by atoms with van der Waals surface area (Å²) < 4.78 is 13.5. The second kappa shape index (κ2) is 8.57. The molecule has 3 heterocycles. The normalized spacial score (nSPS) is 14.2. The molecule has 34 heavy (non-hydrogen) atoms. The predicted molar refractivity (Wildman–Crippen MR) is 127 cm³/mol. The van der Waals surface area contributed by atoms with Crippen molar-refractivity contribution in [2.45, 2.75) is 38.8 Å². The molecule has 1 saturated carbocycles. The van der Waals surface area contributed by atoms with E-state index in [9.17, 15) is 4.79 Å². The monoisotopic (exact) mass is 478 g/mol. The maximum atomic E-state index is 11.0. The molecular formula is C24H23ClN6O3.